The highest BCUT2D eigenvalue weighted by molar-refractivity contribution is 5.34. The van der Waals surface area contributed by atoms with Gasteiger partial charge in [-0.3, -0.25) is 0 Å². The first-order valence-electron chi connectivity index (χ1n) is 7.19. The largest absolute Gasteiger partial charge is 0.324 e. The molecule has 0 saturated heterocycles. The van der Waals surface area contributed by atoms with Crippen molar-refractivity contribution in [3.05, 3.63) is 71.3 Å². The zero-order valence-electron chi connectivity index (χ0n) is 11.4. The van der Waals surface area contributed by atoms with Crippen molar-refractivity contribution in [2.75, 3.05) is 0 Å². The maximum Gasteiger partial charge on any atom is 0.0332 e. The second kappa shape index (κ2) is 5.18. The molecule has 0 radical (unpaired) electrons. The van der Waals surface area contributed by atoms with Gasteiger partial charge in [-0.15, -0.1) is 0 Å². The van der Waals surface area contributed by atoms with Crippen molar-refractivity contribution in [3.8, 4) is 0 Å². The first-order valence-corrected chi connectivity index (χ1v) is 7.19. The molecule has 0 heterocycles. The van der Waals surface area contributed by atoms with Crippen molar-refractivity contribution in [2.24, 2.45) is 11.7 Å². The SMILES string of the molecule is CCc1ccccc1C(N)C1CC1c1ccccc1. The summed E-state index contributed by atoms with van der Waals surface area (Å²) in [6, 6.07) is 19.6. The Labute approximate surface area is 115 Å². The summed E-state index contributed by atoms with van der Waals surface area (Å²) in [5.41, 5.74) is 10.7. The molecule has 1 nitrogen and oxygen atoms in total. The van der Waals surface area contributed by atoms with Gasteiger partial charge in [0.15, 0.2) is 0 Å². The van der Waals surface area contributed by atoms with Gasteiger partial charge in [-0.05, 0) is 41.4 Å². The van der Waals surface area contributed by atoms with Crippen LogP contribution in [-0.4, -0.2) is 0 Å². The first kappa shape index (κ1) is 12.4. The Morgan fingerprint density at radius 2 is 1.74 bits per heavy atom. The van der Waals surface area contributed by atoms with E-state index in [-0.39, 0.29) is 6.04 Å². The maximum absolute atomic E-state index is 6.50. The van der Waals surface area contributed by atoms with E-state index in [0.717, 1.165) is 6.42 Å². The highest BCUT2D eigenvalue weighted by atomic mass is 14.7. The lowest BCUT2D eigenvalue weighted by molar-refractivity contribution is 0.610. The number of hydrogen-bond acceptors (Lipinski definition) is 1. The van der Waals surface area contributed by atoms with Crippen LogP contribution in [0, 0.1) is 5.92 Å². The van der Waals surface area contributed by atoms with Gasteiger partial charge in [0.25, 0.3) is 0 Å². The molecule has 0 bridgehead atoms. The van der Waals surface area contributed by atoms with Crippen molar-refractivity contribution in [2.45, 2.75) is 31.7 Å². The molecule has 1 aliphatic rings. The van der Waals surface area contributed by atoms with E-state index in [4.69, 9.17) is 5.73 Å². The summed E-state index contributed by atoms with van der Waals surface area (Å²) in [5, 5.41) is 0. The van der Waals surface area contributed by atoms with Gasteiger partial charge in [-0.2, -0.15) is 0 Å². The molecule has 3 rings (SSSR count). The van der Waals surface area contributed by atoms with E-state index in [1.165, 1.54) is 23.1 Å². The summed E-state index contributed by atoms with van der Waals surface area (Å²) in [6.45, 7) is 2.20. The van der Waals surface area contributed by atoms with Crippen molar-refractivity contribution in [1.82, 2.24) is 0 Å². The van der Waals surface area contributed by atoms with E-state index in [2.05, 4.69) is 61.5 Å². The Morgan fingerprint density at radius 3 is 2.47 bits per heavy atom. The molecule has 1 fully saturated rings. The molecular formula is C18H21N. The molecule has 3 unspecified atom stereocenters. The average molecular weight is 251 g/mol. The van der Waals surface area contributed by atoms with Crippen LogP contribution in [0.4, 0.5) is 0 Å². The quantitative estimate of drug-likeness (QED) is 0.871. The van der Waals surface area contributed by atoms with Crippen LogP contribution in [0.5, 0.6) is 0 Å². The third-order valence-electron chi connectivity index (χ3n) is 4.32. The predicted molar refractivity (Wildman–Crippen MR) is 80.0 cm³/mol. The lowest BCUT2D eigenvalue weighted by atomic mass is 9.94. The summed E-state index contributed by atoms with van der Waals surface area (Å²) >= 11 is 0. The van der Waals surface area contributed by atoms with Crippen LogP contribution >= 0.6 is 0 Å². The molecule has 2 aromatic carbocycles. The second-order valence-corrected chi connectivity index (χ2v) is 5.49. The molecule has 2 aromatic rings. The van der Waals surface area contributed by atoms with Gasteiger partial charge in [0, 0.05) is 6.04 Å². The van der Waals surface area contributed by atoms with Crippen LogP contribution in [0.15, 0.2) is 54.6 Å². The van der Waals surface area contributed by atoms with Gasteiger partial charge in [0.1, 0.15) is 0 Å². The molecular weight excluding hydrogens is 230 g/mol. The monoisotopic (exact) mass is 251 g/mol. The topological polar surface area (TPSA) is 26.0 Å². The van der Waals surface area contributed by atoms with E-state index in [1.807, 2.05) is 0 Å². The molecule has 0 spiro atoms. The summed E-state index contributed by atoms with van der Waals surface area (Å²) in [6.07, 6.45) is 2.29. The Kier molecular flexibility index (Phi) is 3.39. The molecule has 1 heteroatoms. The lowest BCUT2D eigenvalue weighted by Gasteiger charge is -2.16. The van der Waals surface area contributed by atoms with Gasteiger partial charge >= 0.3 is 0 Å². The standard InChI is InChI=1S/C18H21N/c1-2-13-8-6-7-11-15(13)18(19)17-12-16(17)14-9-4-3-5-10-14/h3-11,16-18H,2,12,19H2,1H3. The minimum Gasteiger partial charge on any atom is -0.324 e. The highest BCUT2D eigenvalue weighted by Crippen LogP contribution is 2.53. The first-order chi connectivity index (χ1) is 9.31. The number of rotatable bonds is 4. The van der Waals surface area contributed by atoms with Gasteiger partial charge in [0.05, 0.1) is 0 Å². The highest BCUT2D eigenvalue weighted by Gasteiger charge is 2.43. The molecule has 3 atom stereocenters. The van der Waals surface area contributed by atoms with Crippen LogP contribution in [0.3, 0.4) is 0 Å². The van der Waals surface area contributed by atoms with Gasteiger partial charge in [0.2, 0.25) is 0 Å². The molecule has 98 valence electrons. The third-order valence-corrected chi connectivity index (χ3v) is 4.32. The Hall–Kier alpha value is -1.60. The average Bonchev–Trinajstić information content (AvgIpc) is 3.28. The summed E-state index contributed by atoms with van der Waals surface area (Å²) < 4.78 is 0. The van der Waals surface area contributed by atoms with Crippen LogP contribution in [-0.2, 0) is 6.42 Å². The lowest BCUT2D eigenvalue weighted by Crippen LogP contribution is -2.15. The summed E-state index contributed by atoms with van der Waals surface area (Å²) in [5.74, 6) is 1.26. The van der Waals surface area contributed by atoms with E-state index in [0.29, 0.717) is 11.8 Å². The number of nitrogens with two attached hydrogens (primary N) is 1. The minimum atomic E-state index is 0.182. The Bertz CT molecular complexity index is 547. The zero-order chi connectivity index (χ0) is 13.2. The summed E-state index contributed by atoms with van der Waals surface area (Å²) in [4.78, 5) is 0. The molecule has 1 saturated carbocycles. The zero-order valence-corrected chi connectivity index (χ0v) is 11.4. The Morgan fingerprint density at radius 1 is 1.05 bits per heavy atom. The van der Waals surface area contributed by atoms with Gasteiger partial charge in [-0.1, -0.05) is 61.5 Å². The Balaban J connectivity index is 1.78. The van der Waals surface area contributed by atoms with Crippen LogP contribution in [0.1, 0.15) is 42.0 Å². The molecule has 19 heavy (non-hydrogen) atoms. The van der Waals surface area contributed by atoms with E-state index in [9.17, 15) is 0 Å². The summed E-state index contributed by atoms with van der Waals surface area (Å²) in [7, 11) is 0. The minimum absolute atomic E-state index is 0.182. The van der Waals surface area contributed by atoms with Gasteiger partial charge < -0.3 is 5.73 Å². The predicted octanol–water partition coefficient (Wildman–Crippen LogP) is 4.05. The fourth-order valence-corrected chi connectivity index (χ4v) is 3.11. The van der Waals surface area contributed by atoms with E-state index >= 15 is 0 Å². The van der Waals surface area contributed by atoms with Crippen molar-refractivity contribution in [1.29, 1.82) is 0 Å². The molecule has 0 aliphatic heterocycles. The fraction of sp³-hybridized carbons (Fsp3) is 0.333. The third kappa shape index (κ3) is 2.43. The molecule has 1 aliphatic carbocycles. The smallest absolute Gasteiger partial charge is 0.0332 e. The van der Waals surface area contributed by atoms with Crippen molar-refractivity contribution >= 4 is 0 Å². The van der Waals surface area contributed by atoms with Crippen LogP contribution in [0.25, 0.3) is 0 Å². The number of aryl methyl sites for hydroxylation is 1. The second-order valence-electron chi connectivity index (χ2n) is 5.49. The maximum atomic E-state index is 6.50. The number of hydrogen-bond donors (Lipinski definition) is 1. The number of benzene rings is 2. The fourth-order valence-electron chi connectivity index (χ4n) is 3.11. The molecule has 0 aromatic heterocycles. The van der Waals surface area contributed by atoms with Gasteiger partial charge in [-0.25, -0.2) is 0 Å². The van der Waals surface area contributed by atoms with Crippen molar-refractivity contribution < 1.29 is 0 Å². The normalized spacial score (nSPS) is 23.1. The molecule has 2 N–H and O–H groups in total. The van der Waals surface area contributed by atoms with Crippen molar-refractivity contribution in [3.63, 3.8) is 0 Å². The van der Waals surface area contributed by atoms with E-state index < -0.39 is 0 Å². The van der Waals surface area contributed by atoms with Crippen LogP contribution < -0.4 is 5.73 Å². The van der Waals surface area contributed by atoms with E-state index in [1.54, 1.807) is 0 Å². The van der Waals surface area contributed by atoms with Crippen LogP contribution in [0.2, 0.25) is 0 Å². The molecule has 0 amide bonds.